The van der Waals surface area contributed by atoms with Gasteiger partial charge in [0.1, 0.15) is 5.54 Å². The maximum atomic E-state index is 13.1. The van der Waals surface area contributed by atoms with Crippen LogP contribution in [0.5, 0.6) is 0 Å². The normalized spacial score (nSPS) is 14.8. The molecular formula is C22H27N3O2. The molecule has 1 aromatic heterocycles. The molecule has 0 unspecified atom stereocenters. The molecule has 1 saturated carbocycles. The third-order valence-electron chi connectivity index (χ3n) is 5.19. The second kappa shape index (κ2) is 7.51. The topological polar surface area (TPSA) is 66.1 Å². The van der Waals surface area contributed by atoms with E-state index < -0.39 is 5.54 Å². The van der Waals surface area contributed by atoms with E-state index >= 15 is 0 Å². The van der Waals surface area contributed by atoms with E-state index in [4.69, 9.17) is 0 Å². The van der Waals surface area contributed by atoms with E-state index in [0.717, 1.165) is 12.0 Å². The largest absolute Gasteiger partial charge is 0.320 e. The van der Waals surface area contributed by atoms with Crippen LogP contribution in [0.15, 0.2) is 36.9 Å². The number of carbonyl (C=O) groups is 2. The van der Waals surface area contributed by atoms with Crippen molar-refractivity contribution in [2.75, 3.05) is 0 Å². The third kappa shape index (κ3) is 4.02. The Labute approximate surface area is 160 Å². The molecule has 1 fully saturated rings. The van der Waals surface area contributed by atoms with Crippen LogP contribution < -0.4 is 0 Å². The first-order chi connectivity index (χ1) is 12.9. The summed E-state index contributed by atoms with van der Waals surface area (Å²) >= 11 is 0. The highest BCUT2D eigenvalue weighted by Gasteiger charge is 2.54. The first-order valence-corrected chi connectivity index (χ1v) is 9.44. The van der Waals surface area contributed by atoms with Gasteiger partial charge in [0.2, 0.25) is 0 Å². The summed E-state index contributed by atoms with van der Waals surface area (Å²) in [6, 6.07) is 9.98. The van der Waals surface area contributed by atoms with Crippen LogP contribution in [-0.2, 0) is 17.8 Å². The van der Waals surface area contributed by atoms with Gasteiger partial charge in [-0.25, -0.2) is 0 Å². The fourth-order valence-electron chi connectivity index (χ4n) is 3.47. The highest BCUT2D eigenvalue weighted by atomic mass is 16.2. The van der Waals surface area contributed by atoms with Crippen molar-refractivity contribution < 1.29 is 9.59 Å². The number of H-pyrrole nitrogens is 1. The first kappa shape index (κ1) is 19.1. The molecule has 0 saturated heterocycles. The molecule has 142 valence electrons. The molecule has 0 aliphatic heterocycles. The van der Waals surface area contributed by atoms with E-state index in [-0.39, 0.29) is 11.7 Å². The highest BCUT2D eigenvalue weighted by molar-refractivity contribution is 5.99. The summed E-state index contributed by atoms with van der Waals surface area (Å²) in [5, 5.41) is 6.88. The number of rotatable bonds is 8. The Bertz CT molecular complexity index is 845. The van der Waals surface area contributed by atoms with Gasteiger partial charge in [-0.2, -0.15) is 5.10 Å². The quantitative estimate of drug-likeness (QED) is 0.768. The number of Topliss-reactive ketones (excluding diaryl/α,β-unsaturated/α-hetero) is 1. The average molecular weight is 365 g/mol. The molecule has 0 spiro atoms. The average Bonchev–Trinajstić information content (AvgIpc) is 3.30. The molecular weight excluding hydrogens is 338 g/mol. The maximum Gasteiger partial charge on any atom is 0.275 e. The maximum absolute atomic E-state index is 13.1. The minimum atomic E-state index is -0.693. The van der Waals surface area contributed by atoms with E-state index in [1.807, 2.05) is 12.1 Å². The molecule has 5 heteroatoms. The molecule has 1 N–H and O–H groups in total. The minimum Gasteiger partial charge on any atom is -0.320 e. The summed E-state index contributed by atoms with van der Waals surface area (Å²) in [4.78, 5) is 27.1. The second-order valence-electron chi connectivity index (χ2n) is 7.81. The number of hydrogen-bond donors (Lipinski definition) is 1. The van der Waals surface area contributed by atoms with Crippen molar-refractivity contribution in [3.63, 3.8) is 0 Å². The van der Waals surface area contributed by atoms with Gasteiger partial charge in [-0.05, 0) is 55.4 Å². The van der Waals surface area contributed by atoms with Crippen LogP contribution in [0.4, 0.5) is 0 Å². The third-order valence-corrected chi connectivity index (χ3v) is 5.19. The van der Waals surface area contributed by atoms with Gasteiger partial charge in [-0.3, -0.25) is 14.7 Å². The van der Waals surface area contributed by atoms with Crippen molar-refractivity contribution in [1.82, 2.24) is 15.1 Å². The van der Waals surface area contributed by atoms with Crippen molar-refractivity contribution in [2.24, 2.45) is 5.92 Å². The number of ketones is 1. The van der Waals surface area contributed by atoms with Crippen molar-refractivity contribution >= 4 is 17.8 Å². The molecule has 1 amide bonds. The van der Waals surface area contributed by atoms with Gasteiger partial charge in [-0.1, -0.05) is 44.7 Å². The summed E-state index contributed by atoms with van der Waals surface area (Å²) in [7, 11) is 0. The molecule has 1 aliphatic carbocycles. The van der Waals surface area contributed by atoms with Crippen molar-refractivity contribution in [1.29, 1.82) is 0 Å². The molecule has 1 heterocycles. The summed E-state index contributed by atoms with van der Waals surface area (Å²) in [5.41, 5.74) is 2.60. The number of aromatic amines is 1. The lowest BCUT2D eigenvalue weighted by atomic mass is 10.0. The van der Waals surface area contributed by atoms with Crippen LogP contribution in [0.1, 0.15) is 60.9 Å². The summed E-state index contributed by atoms with van der Waals surface area (Å²) in [6.07, 6.45) is 4.05. The second-order valence-corrected chi connectivity index (χ2v) is 7.81. The number of carbonyl (C=O) groups excluding carboxylic acids is 2. The Hall–Kier alpha value is -2.69. The molecule has 2 aromatic rings. The first-order valence-electron chi connectivity index (χ1n) is 9.44. The van der Waals surface area contributed by atoms with E-state index in [1.54, 1.807) is 24.0 Å². The van der Waals surface area contributed by atoms with Crippen molar-refractivity contribution in [3.8, 4) is 0 Å². The SMILES string of the molecule is C=Cc1cc(C(=O)N(Cc2ccc(CC(C)C)cc2)C2(C(C)=O)CC2)n[nH]1. The van der Waals surface area contributed by atoms with Gasteiger partial charge in [0.25, 0.3) is 5.91 Å². The molecule has 5 nitrogen and oxygen atoms in total. The Morgan fingerprint density at radius 2 is 1.89 bits per heavy atom. The zero-order valence-corrected chi connectivity index (χ0v) is 16.3. The fraction of sp³-hybridized carbons (Fsp3) is 0.409. The van der Waals surface area contributed by atoms with Crippen molar-refractivity contribution in [2.45, 2.75) is 52.1 Å². The smallest absolute Gasteiger partial charge is 0.275 e. The molecule has 0 radical (unpaired) electrons. The molecule has 3 rings (SSSR count). The summed E-state index contributed by atoms with van der Waals surface area (Å²) < 4.78 is 0. The molecule has 27 heavy (non-hydrogen) atoms. The molecule has 1 aliphatic rings. The van der Waals surface area contributed by atoms with E-state index in [0.29, 0.717) is 36.7 Å². The molecule has 0 atom stereocenters. The number of nitrogens with one attached hydrogen (secondary N) is 1. The van der Waals surface area contributed by atoms with E-state index in [2.05, 4.69) is 42.8 Å². The zero-order valence-electron chi connectivity index (χ0n) is 16.3. The van der Waals surface area contributed by atoms with Crippen LogP contribution in [0.2, 0.25) is 0 Å². The number of aromatic nitrogens is 2. The number of hydrogen-bond acceptors (Lipinski definition) is 3. The van der Waals surface area contributed by atoms with Gasteiger partial charge in [-0.15, -0.1) is 0 Å². The Kier molecular flexibility index (Phi) is 5.31. The lowest BCUT2D eigenvalue weighted by molar-refractivity contribution is -0.123. The fourth-order valence-corrected chi connectivity index (χ4v) is 3.47. The lowest BCUT2D eigenvalue weighted by Crippen LogP contribution is -2.46. The van der Waals surface area contributed by atoms with Gasteiger partial charge >= 0.3 is 0 Å². The van der Waals surface area contributed by atoms with Crippen LogP contribution in [0.25, 0.3) is 6.08 Å². The van der Waals surface area contributed by atoms with E-state index in [1.165, 1.54) is 5.56 Å². The van der Waals surface area contributed by atoms with Gasteiger partial charge in [0.15, 0.2) is 11.5 Å². The standard InChI is InChI=1S/C22H27N3O2/c1-5-19-13-20(24-23-19)21(27)25(22(10-11-22)16(4)26)14-18-8-6-17(7-9-18)12-15(2)3/h5-9,13,15H,1,10-12,14H2,2-4H3,(H,23,24). The van der Waals surface area contributed by atoms with Crippen LogP contribution >= 0.6 is 0 Å². The predicted octanol–water partition coefficient (Wildman–Crippen LogP) is 4.02. The van der Waals surface area contributed by atoms with E-state index in [9.17, 15) is 9.59 Å². The minimum absolute atomic E-state index is 0.0340. The predicted molar refractivity (Wildman–Crippen MR) is 106 cm³/mol. The summed E-state index contributed by atoms with van der Waals surface area (Å²) in [5.74, 6) is 0.408. The monoisotopic (exact) mass is 365 g/mol. The number of nitrogens with zero attached hydrogens (tertiary/aromatic N) is 2. The van der Waals surface area contributed by atoms with Gasteiger partial charge in [0.05, 0.1) is 5.69 Å². The lowest BCUT2D eigenvalue weighted by Gasteiger charge is -2.30. The Morgan fingerprint density at radius 3 is 2.37 bits per heavy atom. The van der Waals surface area contributed by atoms with Crippen LogP contribution in [-0.4, -0.2) is 32.3 Å². The summed E-state index contributed by atoms with van der Waals surface area (Å²) in [6.45, 7) is 10.0. The number of benzene rings is 1. The van der Waals surface area contributed by atoms with Gasteiger partial charge in [0, 0.05) is 6.54 Å². The molecule has 0 bridgehead atoms. The van der Waals surface area contributed by atoms with Crippen molar-refractivity contribution in [3.05, 3.63) is 59.4 Å². The Morgan fingerprint density at radius 1 is 1.26 bits per heavy atom. The zero-order chi connectivity index (χ0) is 19.6. The molecule has 1 aromatic carbocycles. The van der Waals surface area contributed by atoms with Crippen LogP contribution in [0, 0.1) is 5.92 Å². The Balaban J connectivity index is 1.86. The highest BCUT2D eigenvalue weighted by Crippen LogP contribution is 2.44. The van der Waals surface area contributed by atoms with Gasteiger partial charge < -0.3 is 4.90 Å². The van der Waals surface area contributed by atoms with Crippen LogP contribution in [0.3, 0.4) is 0 Å². The number of amides is 1.